The zero-order valence-corrected chi connectivity index (χ0v) is 24.3. The second-order valence-corrected chi connectivity index (χ2v) is 11.0. The van der Waals surface area contributed by atoms with Crippen molar-refractivity contribution in [3.8, 4) is 0 Å². The topological polar surface area (TPSA) is 128 Å². The fourth-order valence-corrected chi connectivity index (χ4v) is 4.23. The Labute approximate surface area is 242 Å². The molecule has 2 aromatic carbocycles. The monoisotopic (exact) mass is 626 g/mol. The molecule has 0 aliphatic carbocycles. The number of benzene rings is 2. The molecule has 2 rings (SSSR count). The highest BCUT2D eigenvalue weighted by molar-refractivity contribution is 9.06. The maximum Gasteiger partial charge on any atom is 0.419 e. The van der Waals surface area contributed by atoms with E-state index < -0.39 is 47.1 Å². The molecule has 11 heteroatoms. The van der Waals surface area contributed by atoms with E-state index in [1.807, 2.05) is 44.2 Å². The Morgan fingerprint density at radius 2 is 1.75 bits per heavy atom. The molecule has 1 unspecified atom stereocenters. The third kappa shape index (κ3) is 12.2. The molecule has 0 heterocycles. The minimum Gasteiger partial charge on any atom is -0.384 e. The van der Waals surface area contributed by atoms with Gasteiger partial charge >= 0.3 is 6.09 Å². The predicted molar refractivity (Wildman–Crippen MR) is 149 cm³/mol. The van der Waals surface area contributed by atoms with Crippen LogP contribution in [0.5, 0.6) is 0 Å². The van der Waals surface area contributed by atoms with Crippen LogP contribution in [0.4, 0.5) is 13.6 Å². The fourth-order valence-electron chi connectivity index (χ4n) is 4.13. The maximum atomic E-state index is 14.1. The lowest BCUT2D eigenvalue weighted by molar-refractivity contribution is -0.129. The molecule has 0 saturated heterocycles. The molecule has 0 saturated carbocycles. The fraction of sp³-hybridized carbons (Fsp3) is 0.483. The number of ketones is 2. The summed E-state index contributed by atoms with van der Waals surface area (Å²) in [6.45, 7) is 4.16. The average Bonchev–Trinajstić information content (AvgIpc) is 2.92. The van der Waals surface area contributed by atoms with E-state index in [9.17, 15) is 28.3 Å². The predicted octanol–water partition coefficient (Wildman–Crippen LogP) is 4.93. The second kappa shape index (κ2) is 16.5. The first-order valence-corrected chi connectivity index (χ1v) is 13.7. The van der Waals surface area contributed by atoms with Crippen LogP contribution in [0.3, 0.4) is 0 Å². The first kappa shape index (κ1) is 33.5. The van der Waals surface area contributed by atoms with Crippen molar-refractivity contribution in [3.05, 3.63) is 71.3 Å². The van der Waals surface area contributed by atoms with Gasteiger partial charge < -0.3 is 24.7 Å². The van der Waals surface area contributed by atoms with Gasteiger partial charge in [-0.25, -0.2) is 13.6 Å². The highest BCUT2D eigenvalue weighted by Gasteiger charge is 2.27. The van der Waals surface area contributed by atoms with Crippen LogP contribution in [-0.2, 0) is 31.2 Å². The number of nitrogens with two attached hydrogens (primary N) is 1. The van der Waals surface area contributed by atoms with Crippen LogP contribution < -0.4 is 11.1 Å². The Balaban J connectivity index is 1.81. The van der Waals surface area contributed by atoms with Crippen LogP contribution in [0, 0.1) is 17.0 Å². The summed E-state index contributed by atoms with van der Waals surface area (Å²) in [5, 5.41) is 12.8. The summed E-state index contributed by atoms with van der Waals surface area (Å²) in [4.78, 5) is 37.0. The zero-order valence-electron chi connectivity index (χ0n) is 22.7. The van der Waals surface area contributed by atoms with E-state index in [2.05, 4.69) is 25.4 Å². The van der Waals surface area contributed by atoms with Crippen LogP contribution in [-0.4, -0.2) is 47.6 Å². The van der Waals surface area contributed by atoms with E-state index in [0.29, 0.717) is 19.4 Å². The first-order valence-electron chi connectivity index (χ1n) is 13.0. The van der Waals surface area contributed by atoms with Gasteiger partial charge in [0.05, 0.1) is 19.3 Å². The van der Waals surface area contributed by atoms with Gasteiger partial charge in [-0.1, -0.05) is 44.2 Å². The molecule has 0 radical (unpaired) electrons. The van der Waals surface area contributed by atoms with E-state index in [1.165, 1.54) is 0 Å². The number of nitrogens with one attached hydrogen (secondary N) is 1. The van der Waals surface area contributed by atoms with Crippen LogP contribution >= 0.6 is 16.3 Å². The van der Waals surface area contributed by atoms with Crippen molar-refractivity contribution < 1.29 is 36.8 Å². The standard InChI is InChI=1S/C29H37BrF2N2O6/c1-29(2,13-11-26(36)27(37)25(33)18-39-17-19-6-4-3-5-7-19)12-10-23(35)16-22(34-28(38)40-30)15-20-14-21(31)8-9-24(20)32/h3-9,14,22,25,27,37H,10-13,15-18,33H2,1-2H3,(H,34,38)/t22?,25-,27+/m1/s1. The lowest BCUT2D eigenvalue weighted by Crippen LogP contribution is -2.44. The third-order valence-electron chi connectivity index (χ3n) is 6.63. The lowest BCUT2D eigenvalue weighted by Gasteiger charge is -2.26. The lowest BCUT2D eigenvalue weighted by atomic mass is 9.81. The largest absolute Gasteiger partial charge is 0.419 e. The second-order valence-electron chi connectivity index (χ2n) is 10.6. The number of carbonyl (C=O) groups is 3. The summed E-state index contributed by atoms with van der Waals surface area (Å²) in [6, 6.07) is 10.8. The van der Waals surface area contributed by atoms with Crippen LogP contribution in [0.1, 0.15) is 57.1 Å². The number of aliphatic hydroxyl groups excluding tert-OH is 1. The highest BCUT2D eigenvalue weighted by Crippen LogP contribution is 2.29. The van der Waals surface area contributed by atoms with Gasteiger partial charge in [0.2, 0.25) is 0 Å². The number of halogens is 3. The minimum atomic E-state index is -1.36. The van der Waals surface area contributed by atoms with Crippen molar-refractivity contribution in [3.63, 3.8) is 0 Å². The first-order chi connectivity index (χ1) is 18.9. The summed E-state index contributed by atoms with van der Waals surface area (Å²) in [5.41, 5.74) is 6.52. The van der Waals surface area contributed by atoms with Gasteiger partial charge in [-0.05, 0) is 54.0 Å². The van der Waals surface area contributed by atoms with Crippen LogP contribution in [0.15, 0.2) is 48.5 Å². The SMILES string of the molecule is CC(C)(CCC(=O)CC(Cc1cc(F)ccc1F)NC(=O)OBr)CCC(=O)[C@@H](O)[C@H](N)COCc1ccccc1. The van der Waals surface area contributed by atoms with Crippen molar-refractivity contribution in [2.45, 2.75) is 77.2 Å². The van der Waals surface area contributed by atoms with E-state index in [0.717, 1.165) is 23.8 Å². The number of ether oxygens (including phenoxy) is 1. The van der Waals surface area contributed by atoms with Gasteiger partial charge in [-0.2, -0.15) is 0 Å². The van der Waals surface area contributed by atoms with Crippen LogP contribution in [0.2, 0.25) is 0 Å². The zero-order chi connectivity index (χ0) is 29.7. The van der Waals surface area contributed by atoms with Gasteiger partial charge in [-0.15, -0.1) is 0 Å². The summed E-state index contributed by atoms with van der Waals surface area (Å²) < 4.78 is 37.6. The molecule has 3 atom stereocenters. The molecule has 220 valence electrons. The van der Waals surface area contributed by atoms with E-state index >= 15 is 0 Å². The number of hydrogen-bond donors (Lipinski definition) is 3. The summed E-state index contributed by atoms with van der Waals surface area (Å²) in [6.07, 6.45) is -1.39. The Kier molecular flexibility index (Phi) is 13.8. The Morgan fingerprint density at radius 3 is 2.42 bits per heavy atom. The Morgan fingerprint density at radius 1 is 1.07 bits per heavy atom. The van der Waals surface area contributed by atoms with Crippen molar-refractivity contribution in [2.24, 2.45) is 11.1 Å². The average molecular weight is 628 g/mol. The van der Waals surface area contributed by atoms with Gasteiger partial charge in [-0.3, -0.25) is 9.59 Å². The molecule has 2 aromatic rings. The van der Waals surface area contributed by atoms with Gasteiger partial charge in [0, 0.05) is 25.3 Å². The highest BCUT2D eigenvalue weighted by atomic mass is 79.9. The molecule has 0 aromatic heterocycles. The van der Waals surface area contributed by atoms with Crippen molar-refractivity contribution in [2.75, 3.05) is 6.61 Å². The van der Waals surface area contributed by atoms with E-state index in [-0.39, 0.29) is 43.6 Å². The molecule has 0 aliphatic heterocycles. The molecule has 1 amide bonds. The molecule has 4 N–H and O–H groups in total. The van der Waals surface area contributed by atoms with E-state index in [1.54, 1.807) is 0 Å². The minimum absolute atomic E-state index is 0.0220. The number of rotatable bonds is 17. The molecule has 0 aliphatic rings. The number of hydrogen-bond acceptors (Lipinski definition) is 7. The molecule has 40 heavy (non-hydrogen) atoms. The van der Waals surface area contributed by atoms with Gasteiger partial charge in [0.15, 0.2) is 22.0 Å². The molecule has 8 nitrogen and oxygen atoms in total. The molecule has 0 spiro atoms. The smallest absolute Gasteiger partial charge is 0.384 e. The number of amides is 1. The number of Topliss-reactive ketones (excluding diaryl/α,β-unsaturated/α-hetero) is 2. The number of aliphatic hydroxyl groups is 1. The normalized spacial score (nSPS) is 13.8. The summed E-state index contributed by atoms with van der Waals surface area (Å²) in [5.74, 6) is -1.88. The Hall–Kier alpha value is -2.73. The molecular weight excluding hydrogens is 590 g/mol. The summed E-state index contributed by atoms with van der Waals surface area (Å²) >= 11 is 2.56. The van der Waals surface area contributed by atoms with E-state index in [4.69, 9.17) is 10.5 Å². The summed E-state index contributed by atoms with van der Waals surface area (Å²) in [7, 11) is 0. The molecular formula is C29H37BrF2N2O6. The van der Waals surface area contributed by atoms with Gasteiger partial charge in [0.1, 0.15) is 23.5 Å². The van der Waals surface area contributed by atoms with Gasteiger partial charge in [0.25, 0.3) is 0 Å². The van der Waals surface area contributed by atoms with Crippen molar-refractivity contribution >= 4 is 33.9 Å². The number of carbonyl (C=O) groups excluding carboxylic acids is 3. The maximum absolute atomic E-state index is 14.1. The molecule has 0 bridgehead atoms. The van der Waals surface area contributed by atoms with Crippen LogP contribution in [0.25, 0.3) is 0 Å². The Bertz CT molecular complexity index is 1120. The molecule has 0 fully saturated rings. The van der Waals surface area contributed by atoms with Crippen molar-refractivity contribution in [1.29, 1.82) is 0 Å². The quantitative estimate of drug-likeness (QED) is 0.227. The third-order valence-corrected chi connectivity index (χ3v) is 6.92. The van der Waals surface area contributed by atoms with Crippen molar-refractivity contribution in [1.82, 2.24) is 5.32 Å².